The molecule has 0 radical (unpaired) electrons. The molecule has 1 aliphatic carbocycles. The molecule has 0 saturated heterocycles. The molecule has 0 aliphatic heterocycles. The third-order valence-electron chi connectivity index (χ3n) is 4.56. The van der Waals surface area contributed by atoms with E-state index in [0.29, 0.717) is 6.04 Å². The van der Waals surface area contributed by atoms with E-state index in [1.807, 2.05) is 6.92 Å². The monoisotopic (exact) mass is 299 g/mol. The molecule has 124 valence electrons. The van der Waals surface area contributed by atoms with Crippen molar-refractivity contribution in [2.75, 3.05) is 32.8 Å². The number of amides is 1. The second kappa shape index (κ2) is 9.38. The smallest absolute Gasteiger partial charge is 0.237 e. The number of rotatable bonds is 10. The van der Waals surface area contributed by atoms with Crippen molar-refractivity contribution in [2.24, 2.45) is 5.73 Å². The Morgan fingerprint density at radius 1 is 1.43 bits per heavy atom. The first-order chi connectivity index (χ1) is 10.1. The van der Waals surface area contributed by atoms with Gasteiger partial charge in [0.05, 0.1) is 12.1 Å². The molecule has 0 bridgehead atoms. The topological polar surface area (TPSA) is 67.6 Å². The standard InChI is InChI=1S/C16H33N3O2/c1-4-10-18-16(15(17)20)9-7-8-14(13-16)19(5-2)11-12-21-6-3/h14,18H,4-13H2,1-3H3,(H2,17,20). The largest absolute Gasteiger partial charge is 0.380 e. The summed E-state index contributed by atoms with van der Waals surface area (Å²) in [5.41, 5.74) is 5.21. The van der Waals surface area contributed by atoms with Crippen LogP contribution in [0.5, 0.6) is 0 Å². The molecule has 1 amide bonds. The molecule has 5 heteroatoms. The van der Waals surface area contributed by atoms with E-state index < -0.39 is 5.54 Å². The van der Waals surface area contributed by atoms with Gasteiger partial charge in [0.15, 0.2) is 0 Å². The number of hydrogen-bond acceptors (Lipinski definition) is 4. The summed E-state index contributed by atoms with van der Waals surface area (Å²) < 4.78 is 5.47. The minimum atomic E-state index is -0.516. The number of nitrogens with zero attached hydrogens (tertiary/aromatic N) is 1. The van der Waals surface area contributed by atoms with E-state index in [9.17, 15) is 4.79 Å². The summed E-state index contributed by atoms with van der Waals surface area (Å²) >= 11 is 0. The van der Waals surface area contributed by atoms with Crippen LogP contribution in [0.15, 0.2) is 0 Å². The molecule has 0 aromatic carbocycles. The number of ether oxygens (including phenoxy) is 1. The molecule has 1 saturated carbocycles. The van der Waals surface area contributed by atoms with Crippen LogP contribution in [0.3, 0.4) is 0 Å². The van der Waals surface area contributed by atoms with Gasteiger partial charge in [-0.15, -0.1) is 0 Å². The van der Waals surface area contributed by atoms with Gasteiger partial charge < -0.3 is 15.8 Å². The van der Waals surface area contributed by atoms with E-state index in [-0.39, 0.29) is 5.91 Å². The maximum Gasteiger partial charge on any atom is 0.237 e. The molecule has 1 fully saturated rings. The Hall–Kier alpha value is -0.650. The van der Waals surface area contributed by atoms with E-state index in [1.54, 1.807) is 0 Å². The van der Waals surface area contributed by atoms with Gasteiger partial charge in [0.1, 0.15) is 0 Å². The molecule has 1 rings (SSSR count). The van der Waals surface area contributed by atoms with E-state index in [1.165, 1.54) is 0 Å². The molecule has 0 heterocycles. The predicted molar refractivity (Wildman–Crippen MR) is 86.2 cm³/mol. The Bertz CT molecular complexity index is 312. The Kier molecular flexibility index (Phi) is 8.22. The molecule has 1 aliphatic rings. The highest BCUT2D eigenvalue weighted by molar-refractivity contribution is 5.84. The first-order valence-corrected chi connectivity index (χ1v) is 8.46. The van der Waals surface area contributed by atoms with Crippen LogP contribution in [-0.2, 0) is 9.53 Å². The van der Waals surface area contributed by atoms with Gasteiger partial charge in [-0.25, -0.2) is 0 Å². The molecular weight excluding hydrogens is 266 g/mol. The first kappa shape index (κ1) is 18.4. The van der Waals surface area contributed by atoms with Crippen molar-refractivity contribution < 1.29 is 9.53 Å². The van der Waals surface area contributed by atoms with Gasteiger partial charge in [-0.05, 0) is 52.1 Å². The molecular formula is C16H33N3O2. The molecule has 2 unspecified atom stereocenters. The molecule has 21 heavy (non-hydrogen) atoms. The lowest BCUT2D eigenvalue weighted by atomic mass is 9.77. The Morgan fingerprint density at radius 2 is 2.19 bits per heavy atom. The number of primary amides is 1. The zero-order chi connectivity index (χ0) is 15.7. The lowest BCUT2D eigenvalue weighted by Crippen LogP contribution is -2.61. The van der Waals surface area contributed by atoms with Crippen molar-refractivity contribution in [1.29, 1.82) is 0 Å². The fourth-order valence-corrected chi connectivity index (χ4v) is 3.32. The van der Waals surface area contributed by atoms with Crippen LogP contribution in [0, 0.1) is 0 Å². The summed E-state index contributed by atoms with van der Waals surface area (Å²) in [5, 5.41) is 3.43. The normalized spacial score (nSPS) is 26.2. The predicted octanol–water partition coefficient (Wildman–Crippen LogP) is 1.51. The number of nitrogens with two attached hydrogens (primary N) is 1. The highest BCUT2D eigenvalue weighted by Gasteiger charge is 2.42. The molecule has 0 spiro atoms. The lowest BCUT2D eigenvalue weighted by molar-refractivity contribution is -0.126. The van der Waals surface area contributed by atoms with Crippen molar-refractivity contribution in [1.82, 2.24) is 10.2 Å². The quantitative estimate of drug-likeness (QED) is 0.600. The number of likely N-dealkylation sites (N-methyl/N-ethyl adjacent to an activating group) is 1. The molecule has 5 nitrogen and oxygen atoms in total. The van der Waals surface area contributed by atoms with Gasteiger partial charge in [-0.2, -0.15) is 0 Å². The van der Waals surface area contributed by atoms with Crippen LogP contribution < -0.4 is 11.1 Å². The lowest BCUT2D eigenvalue weighted by Gasteiger charge is -2.43. The summed E-state index contributed by atoms with van der Waals surface area (Å²) in [5.74, 6) is -0.193. The summed E-state index contributed by atoms with van der Waals surface area (Å²) in [4.78, 5) is 14.4. The number of hydrogen-bond donors (Lipinski definition) is 2. The van der Waals surface area contributed by atoms with E-state index >= 15 is 0 Å². The third-order valence-corrected chi connectivity index (χ3v) is 4.56. The summed E-state index contributed by atoms with van der Waals surface area (Å²) in [6.45, 7) is 10.6. The highest BCUT2D eigenvalue weighted by atomic mass is 16.5. The maximum absolute atomic E-state index is 12.0. The minimum absolute atomic E-state index is 0.193. The van der Waals surface area contributed by atoms with Gasteiger partial charge >= 0.3 is 0 Å². The van der Waals surface area contributed by atoms with Crippen LogP contribution in [0.25, 0.3) is 0 Å². The average molecular weight is 299 g/mol. The third kappa shape index (κ3) is 5.24. The average Bonchev–Trinajstić information content (AvgIpc) is 2.49. The van der Waals surface area contributed by atoms with E-state index in [2.05, 4.69) is 24.1 Å². The Balaban J connectivity index is 2.68. The second-order valence-electron chi connectivity index (χ2n) is 5.95. The minimum Gasteiger partial charge on any atom is -0.380 e. The number of carbonyl (C=O) groups is 1. The SMILES string of the molecule is CCCNC1(C(N)=O)CCCC(N(CC)CCOCC)C1. The van der Waals surface area contributed by atoms with Crippen LogP contribution >= 0.6 is 0 Å². The molecule has 0 aromatic heterocycles. The van der Waals surface area contributed by atoms with Crippen LogP contribution in [0.2, 0.25) is 0 Å². The highest BCUT2D eigenvalue weighted by Crippen LogP contribution is 2.31. The van der Waals surface area contributed by atoms with Crippen LogP contribution in [0.4, 0.5) is 0 Å². The second-order valence-corrected chi connectivity index (χ2v) is 5.95. The zero-order valence-electron chi connectivity index (χ0n) is 14.0. The number of carbonyl (C=O) groups excluding carboxylic acids is 1. The van der Waals surface area contributed by atoms with Crippen molar-refractivity contribution >= 4 is 5.91 Å². The van der Waals surface area contributed by atoms with E-state index in [0.717, 1.165) is 65.0 Å². The molecule has 3 N–H and O–H groups in total. The number of nitrogens with one attached hydrogen (secondary N) is 1. The van der Waals surface area contributed by atoms with E-state index in [4.69, 9.17) is 10.5 Å². The maximum atomic E-state index is 12.0. The Labute approximate surface area is 129 Å². The summed E-state index contributed by atoms with van der Waals surface area (Å²) in [7, 11) is 0. The Morgan fingerprint density at radius 3 is 2.76 bits per heavy atom. The van der Waals surface area contributed by atoms with Crippen LogP contribution in [0.1, 0.15) is 52.9 Å². The van der Waals surface area contributed by atoms with Gasteiger partial charge in [0.2, 0.25) is 5.91 Å². The van der Waals surface area contributed by atoms with Crippen LogP contribution in [-0.4, -0.2) is 55.2 Å². The van der Waals surface area contributed by atoms with Crippen molar-refractivity contribution in [3.63, 3.8) is 0 Å². The fraction of sp³-hybridized carbons (Fsp3) is 0.938. The molecule has 0 aromatic rings. The van der Waals surface area contributed by atoms with Gasteiger partial charge in [0, 0.05) is 19.2 Å². The van der Waals surface area contributed by atoms with Crippen molar-refractivity contribution in [3.8, 4) is 0 Å². The van der Waals surface area contributed by atoms with Crippen molar-refractivity contribution in [2.45, 2.75) is 64.5 Å². The summed E-state index contributed by atoms with van der Waals surface area (Å²) in [6, 6.07) is 0.418. The fourth-order valence-electron chi connectivity index (χ4n) is 3.32. The van der Waals surface area contributed by atoms with Gasteiger partial charge in [-0.3, -0.25) is 9.69 Å². The zero-order valence-corrected chi connectivity index (χ0v) is 14.0. The first-order valence-electron chi connectivity index (χ1n) is 8.46. The molecule has 2 atom stereocenters. The van der Waals surface area contributed by atoms with Crippen molar-refractivity contribution in [3.05, 3.63) is 0 Å². The summed E-state index contributed by atoms with van der Waals surface area (Å²) in [6.07, 6.45) is 4.89. The van der Waals surface area contributed by atoms with Gasteiger partial charge in [0.25, 0.3) is 0 Å². The van der Waals surface area contributed by atoms with Gasteiger partial charge in [-0.1, -0.05) is 13.8 Å².